The summed E-state index contributed by atoms with van der Waals surface area (Å²) in [5.74, 6) is 1.27. The molecule has 0 bridgehead atoms. The van der Waals surface area contributed by atoms with Crippen LogP contribution in [0.5, 0.6) is 0 Å². The van der Waals surface area contributed by atoms with Crippen LogP contribution < -0.4 is 5.32 Å². The second-order valence-corrected chi connectivity index (χ2v) is 4.78. The van der Waals surface area contributed by atoms with Gasteiger partial charge in [-0.2, -0.15) is 4.98 Å². The number of hydrogen-bond donors (Lipinski definition) is 1. The Hall–Kier alpha value is -1.72. The molecule has 1 saturated heterocycles. The van der Waals surface area contributed by atoms with Crippen LogP contribution in [0.2, 0.25) is 0 Å². The number of nitrogens with zero attached hydrogens (tertiary/aromatic N) is 2. The van der Waals surface area contributed by atoms with E-state index in [1.807, 2.05) is 6.07 Å². The minimum Gasteiger partial charge on any atom is -0.366 e. The van der Waals surface area contributed by atoms with Crippen molar-refractivity contribution in [3.63, 3.8) is 0 Å². The second kappa shape index (κ2) is 5.50. The Labute approximate surface area is 112 Å². The molecule has 0 radical (unpaired) electrons. The Morgan fingerprint density at radius 1 is 1.42 bits per heavy atom. The highest BCUT2D eigenvalue weighted by molar-refractivity contribution is 5.24. The van der Waals surface area contributed by atoms with E-state index in [1.54, 1.807) is 0 Å². The molecule has 2 heterocycles. The van der Waals surface area contributed by atoms with Gasteiger partial charge in [0.2, 0.25) is 0 Å². The molecule has 1 aliphatic heterocycles. The maximum atomic E-state index is 5.59. The number of rotatable bonds is 3. The van der Waals surface area contributed by atoms with Crippen LogP contribution in [0.15, 0.2) is 28.8 Å². The van der Waals surface area contributed by atoms with E-state index in [0.717, 1.165) is 13.1 Å². The Bertz CT molecular complexity index is 547. The molecule has 3 rings (SSSR count). The summed E-state index contributed by atoms with van der Waals surface area (Å²) in [5, 5.41) is 7.27. The van der Waals surface area contributed by atoms with Gasteiger partial charge in [0.15, 0.2) is 5.82 Å². The number of nitrogens with one attached hydrogen (secondary N) is 1. The van der Waals surface area contributed by atoms with Gasteiger partial charge in [-0.25, -0.2) is 0 Å². The molecule has 1 aromatic carbocycles. The van der Waals surface area contributed by atoms with E-state index in [9.17, 15) is 0 Å². The molecule has 1 N–H and O–H groups in total. The maximum Gasteiger partial charge on any atom is 0.257 e. The molecule has 0 spiro atoms. The summed E-state index contributed by atoms with van der Waals surface area (Å²) in [5.41, 5.74) is 2.43. The first-order chi connectivity index (χ1) is 9.31. The highest BCUT2D eigenvalue weighted by Gasteiger charge is 2.22. The normalized spacial score (nSPS) is 19.5. The van der Waals surface area contributed by atoms with Gasteiger partial charge in [0, 0.05) is 19.5 Å². The van der Waals surface area contributed by atoms with Gasteiger partial charge in [-0.1, -0.05) is 35.0 Å². The fourth-order valence-electron chi connectivity index (χ4n) is 2.20. The highest BCUT2D eigenvalue weighted by atomic mass is 16.5. The van der Waals surface area contributed by atoms with Crippen molar-refractivity contribution in [2.75, 3.05) is 19.7 Å². The summed E-state index contributed by atoms with van der Waals surface area (Å²) < 4.78 is 10.9. The predicted molar refractivity (Wildman–Crippen MR) is 69.8 cm³/mol. The molecule has 100 valence electrons. The summed E-state index contributed by atoms with van der Waals surface area (Å²) in [4.78, 5) is 4.42. The molecular formula is C14H17N3O2. The summed E-state index contributed by atoms with van der Waals surface area (Å²) in [6.45, 7) is 4.36. The van der Waals surface area contributed by atoms with Gasteiger partial charge in [-0.15, -0.1) is 0 Å². The van der Waals surface area contributed by atoms with Crippen molar-refractivity contribution in [2.45, 2.75) is 19.4 Å². The smallest absolute Gasteiger partial charge is 0.257 e. The van der Waals surface area contributed by atoms with E-state index in [1.165, 1.54) is 11.1 Å². The first-order valence-electron chi connectivity index (χ1n) is 6.51. The largest absolute Gasteiger partial charge is 0.366 e. The van der Waals surface area contributed by atoms with Crippen LogP contribution in [0.25, 0.3) is 0 Å². The minimum atomic E-state index is -0.118. The molecule has 5 heteroatoms. The predicted octanol–water partition coefficient (Wildman–Crippen LogP) is 1.63. The average molecular weight is 259 g/mol. The Balaban J connectivity index is 1.70. The third-order valence-corrected chi connectivity index (χ3v) is 3.13. The van der Waals surface area contributed by atoms with Crippen molar-refractivity contribution in [1.82, 2.24) is 15.5 Å². The molecule has 5 nitrogen and oxygen atoms in total. The zero-order valence-electron chi connectivity index (χ0n) is 10.9. The lowest BCUT2D eigenvalue weighted by Gasteiger charge is -2.19. The SMILES string of the molecule is Cc1cccc(Cc2noc(C3CNCCO3)n2)c1. The number of benzene rings is 1. The molecule has 1 unspecified atom stereocenters. The van der Waals surface area contributed by atoms with Crippen LogP contribution in [0.3, 0.4) is 0 Å². The van der Waals surface area contributed by atoms with Crippen LogP contribution in [0.4, 0.5) is 0 Å². The van der Waals surface area contributed by atoms with Gasteiger partial charge < -0.3 is 14.6 Å². The zero-order valence-corrected chi connectivity index (χ0v) is 10.9. The molecule has 19 heavy (non-hydrogen) atoms. The number of aryl methyl sites for hydroxylation is 1. The van der Waals surface area contributed by atoms with Crippen LogP contribution in [-0.4, -0.2) is 29.8 Å². The van der Waals surface area contributed by atoms with Gasteiger partial charge in [-0.3, -0.25) is 0 Å². The number of morpholine rings is 1. The van der Waals surface area contributed by atoms with Crippen LogP contribution >= 0.6 is 0 Å². The summed E-state index contributed by atoms with van der Waals surface area (Å²) >= 11 is 0. The average Bonchev–Trinajstić information content (AvgIpc) is 2.88. The van der Waals surface area contributed by atoms with Crippen molar-refractivity contribution in [3.05, 3.63) is 47.1 Å². The third kappa shape index (κ3) is 3.00. The molecule has 0 saturated carbocycles. The van der Waals surface area contributed by atoms with Crippen LogP contribution in [0.1, 0.15) is 28.9 Å². The molecule has 1 atom stereocenters. The quantitative estimate of drug-likeness (QED) is 0.907. The van der Waals surface area contributed by atoms with Crippen molar-refractivity contribution in [2.24, 2.45) is 0 Å². The van der Waals surface area contributed by atoms with Crippen molar-refractivity contribution in [1.29, 1.82) is 0 Å². The van der Waals surface area contributed by atoms with Gasteiger partial charge in [0.05, 0.1) is 6.61 Å². The number of hydrogen-bond acceptors (Lipinski definition) is 5. The first kappa shape index (κ1) is 12.3. The molecule has 0 aliphatic carbocycles. The molecule has 1 aromatic heterocycles. The fraction of sp³-hybridized carbons (Fsp3) is 0.429. The maximum absolute atomic E-state index is 5.59. The standard InChI is InChI=1S/C14H17N3O2/c1-10-3-2-4-11(7-10)8-13-16-14(19-17-13)12-9-15-5-6-18-12/h2-4,7,12,15H,5-6,8-9H2,1H3. The lowest BCUT2D eigenvalue weighted by Crippen LogP contribution is -2.33. The number of ether oxygens (including phenoxy) is 1. The Morgan fingerprint density at radius 2 is 2.37 bits per heavy atom. The van der Waals surface area contributed by atoms with E-state index in [-0.39, 0.29) is 6.10 Å². The minimum absolute atomic E-state index is 0.118. The Kier molecular flexibility index (Phi) is 3.57. The Morgan fingerprint density at radius 3 is 3.16 bits per heavy atom. The highest BCUT2D eigenvalue weighted by Crippen LogP contribution is 2.17. The van der Waals surface area contributed by atoms with E-state index >= 15 is 0 Å². The van der Waals surface area contributed by atoms with Crippen LogP contribution in [-0.2, 0) is 11.2 Å². The second-order valence-electron chi connectivity index (χ2n) is 4.78. The lowest BCUT2D eigenvalue weighted by molar-refractivity contribution is 0.00755. The summed E-state index contributed by atoms with van der Waals surface area (Å²) in [6, 6.07) is 8.32. The van der Waals surface area contributed by atoms with Crippen molar-refractivity contribution in [3.8, 4) is 0 Å². The van der Waals surface area contributed by atoms with E-state index < -0.39 is 0 Å². The molecular weight excluding hydrogens is 242 g/mol. The molecule has 1 aliphatic rings. The molecule has 2 aromatic rings. The van der Waals surface area contributed by atoms with Crippen LogP contribution in [0, 0.1) is 6.92 Å². The van der Waals surface area contributed by atoms with Gasteiger partial charge in [-0.05, 0) is 12.5 Å². The van der Waals surface area contributed by atoms with Crippen molar-refractivity contribution < 1.29 is 9.26 Å². The third-order valence-electron chi connectivity index (χ3n) is 3.13. The van der Waals surface area contributed by atoms with Gasteiger partial charge >= 0.3 is 0 Å². The fourth-order valence-corrected chi connectivity index (χ4v) is 2.20. The monoisotopic (exact) mass is 259 g/mol. The lowest BCUT2D eigenvalue weighted by atomic mass is 10.1. The van der Waals surface area contributed by atoms with E-state index in [4.69, 9.17) is 9.26 Å². The van der Waals surface area contributed by atoms with Crippen molar-refractivity contribution >= 4 is 0 Å². The van der Waals surface area contributed by atoms with E-state index in [2.05, 4.69) is 40.6 Å². The summed E-state index contributed by atoms with van der Waals surface area (Å²) in [7, 11) is 0. The number of aromatic nitrogens is 2. The first-order valence-corrected chi connectivity index (χ1v) is 6.51. The topological polar surface area (TPSA) is 60.2 Å². The molecule has 0 amide bonds. The van der Waals surface area contributed by atoms with Gasteiger partial charge in [0.25, 0.3) is 5.89 Å². The van der Waals surface area contributed by atoms with E-state index in [0.29, 0.717) is 24.7 Å². The summed E-state index contributed by atoms with van der Waals surface area (Å²) in [6.07, 6.45) is 0.568. The zero-order chi connectivity index (χ0) is 13.1. The van der Waals surface area contributed by atoms with Gasteiger partial charge in [0.1, 0.15) is 6.10 Å². The molecule has 1 fully saturated rings.